The summed E-state index contributed by atoms with van der Waals surface area (Å²) >= 11 is 0. The summed E-state index contributed by atoms with van der Waals surface area (Å²) in [6.07, 6.45) is 10.4. The van der Waals surface area contributed by atoms with Crippen LogP contribution in [0.5, 0.6) is 5.75 Å². The number of aliphatic imine (C=N–C) groups is 1. The highest BCUT2D eigenvalue weighted by molar-refractivity contribution is 6.08. The zero-order valence-electron chi connectivity index (χ0n) is 18.6. The Morgan fingerprint density at radius 1 is 1.21 bits per heavy atom. The van der Waals surface area contributed by atoms with E-state index in [0.29, 0.717) is 34.2 Å². The van der Waals surface area contributed by atoms with Gasteiger partial charge in [0, 0.05) is 55.7 Å². The molecule has 2 aliphatic rings. The van der Waals surface area contributed by atoms with Crippen molar-refractivity contribution in [2.75, 3.05) is 14.0 Å². The minimum atomic E-state index is -1.12. The number of pyridine rings is 1. The van der Waals surface area contributed by atoms with Gasteiger partial charge in [-0.2, -0.15) is 5.10 Å². The maximum atomic E-state index is 15.0. The summed E-state index contributed by atoms with van der Waals surface area (Å²) < 4.78 is 42.1. The number of methoxy groups -OCH3 is 1. The highest BCUT2D eigenvalue weighted by Gasteiger charge is 2.23. The summed E-state index contributed by atoms with van der Waals surface area (Å²) in [6, 6.07) is 0.995. The molecule has 0 aromatic carbocycles. The molecule has 3 aromatic heterocycles. The van der Waals surface area contributed by atoms with Gasteiger partial charge in [0.25, 0.3) is 0 Å². The normalized spacial score (nSPS) is 14.9. The first-order valence-corrected chi connectivity index (χ1v) is 10.3. The van der Waals surface area contributed by atoms with Crippen molar-refractivity contribution in [3.05, 3.63) is 75.1 Å². The van der Waals surface area contributed by atoms with Crippen molar-refractivity contribution < 1.29 is 18.3 Å². The fraction of sp³-hybridized carbons (Fsp3) is 0.217. The van der Waals surface area contributed by atoms with Crippen molar-refractivity contribution in [1.82, 2.24) is 23.9 Å². The van der Waals surface area contributed by atoms with Gasteiger partial charge in [0.05, 0.1) is 36.4 Å². The molecule has 0 N–H and O–H groups in total. The number of allylic oxidation sites excluding steroid dienone is 3. The zero-order chi connectivity index (χ0) is 24.0. The summed E-state index contributed by atoms with van der Waals surface area (Å²) in [7, 11) is 4.96. The van der Waals surface area contributed by atoms with Gasteiger partial charge >= 0.3 is 5.69 Å². The lowest BCUT2D eigenvalue weighted by atomic mass is 10.0. The molecule has 0 fully saturated rings. The number of aryl methyl sites for hydroxylation is 1. The van der Waals surface area contributed by atoms with Gasteiger partial charge in [0.1, 0.15) is 11.5 Å². The molecule has 1 aliphatic heterocycles. The van der Waals surface area contributed by atoms with E-state index in [4.69, 9.17) is 4.74 Å². The number of hydrogen-bond donors (Lipinski definition) is 0. The first-order chi connectivity index (χ1) is 16.4. The number of ether oxygens (including phenoxy) is 2. The molecule has 0 amide bonds. The Morgan fingerprint density at radius 2 is 2.03 bits per heavy atom. The molecule has 174 valence electrons. The lowest BCUT2D eigenvalue weighted by Crippen LogP contribution is -2.34. The Bertz CT molecular complexity index is 1590. The number of nitrogens with zero attached hydrogens (tertiary/aromatic N) is 6. The van der Waals surface area contributed by atoms with Crippen LogP contribution in [0.1, 0.15) is 12.0 Å². The number of rotatable bonds is 5. The smallest absolute Gasteiger partial charge is 0.334 e. The van der Waals surface area contributed by atoms with Gasteiger partial charge in [-0.3, -0.25) is 14.2 Å². The van der Waals surface area contributed by atoms with Crippen molar-refractivity contribution in [3.63, 3.8) is 0 Å². The Kier molecular flexibility index (Phi) is 5.23. The van der Waals surface area contributed by atoms with Crippen LogP contribution in [-0.2, 0) is 18.8 Å². The fourth-order valence-corrected chi connectivity index (χ4v) is 4.10. The van der Waals surface area contributed by atoms with E-state index in [-0.39, 0.29) is 11.6 Å². The van der Waals surface area contributed by atoms with Crippen LogP contribution < -0.4 is 21.1 Å². The number of alkyl halides is 1. The second kappa shape index (κ2) is 8.25. The predicted molar refractivity (Wildman–Crippen MR) is 121 cm³/mol. The second-order valence-electron chi connectivity index (χ2n) is 7.77. The first-order valence-electron chi connectivity index (χ1n) is 10.3. The van der Waals surface area contributed by atoms with Gasteiger partial charge in [-0.1, -0.05) is 0 Å². The molecule has 34 heavy (non-hydrogen) atoms. The van der Waals surface area contributed by atoms with Crippen molar-refractivity contribution in [2.45, 2.75) is 6.42 Å². The topological polar surface area (TPSA) is 88.5 Å². The van der Waals surface area contributed by atoms with E-state index >= 15 is 4.39 Å². The summed E-state index contributed by atoms with van der Waals surface area (Å²) in [5.41, 5.74) is 2.47. The van der Waals surface area contributed by atoms with Crippen LogP contribution in [-0.4, -0.2) is 43.6 Å². The fourth-order valence-electron chi connectivity index (χ4n) is 4.10. The highest BCUT2D eigenvalue weighted by atomic mass is 19.1. The van der Waals surface area contributed by atoms with Crippen LogP contribution in [0.25, 0.3) is 23.2 Å². The van der Waals surface area contributed by atoms with Crippen molar-refractivity contribution in [1.29, 1.82) is 0 Å². The van der Waals surface area contributed by atoms with E-state index in [0.717, 1.165) is 17.2 Å². The van der Waals surface area contributed by atoms with Gasteiger partial charge in [-0.05, 0) is 11.6 Å². The molecule has 0 radical (unpaired) electrons. The van der Waals surface area contributed by atoms with E-state index < -0.39 is 18.4 Å². The summed E-state index contributed by atoms with van der Waals surface area (Å²) in [4.78, 5) is 21.9. The minimum Gasteiger partial charge on any atom is -0.496 e. The average Bonchev–Trinajstić information content (AvgIpc) is 3.20. The van der Waals surface area contributed by atoms with E-state index in [9.17, 15) is 9.18 Å². The molecule has 5 rings (SSSR count). The van der Waals surface area contributed by atoms with Crippen LogP contribution in [0, 0.1) is 5.82 Å². The van der Waals surface area contributed by atoms with E-state index in [1.807, 2.05) is 25.4 Å². The number of imidazole rings is 1. The highest BCUT2D eigenvalue weighted by Crippen LogP contribution is 2.30. The van der Waals surface area contributed by atoms with Gasteiger partial charge in [0.2, 0.25) is 6.86 Å². The van der Waals surface area contributed by atoms with Gasteiger partial charge in [-0.15, -0.1) is 0 Å². The standard InChI is InChI=1S/C23H20F2N6O3/c1-29-11-14(8-28-29)17-5-13-4-15(6-20(17)33-3)26-10-19-21(13)31(23(32)30(19)2)22-18(25)7-16(9-27-22)34-12-24/h5-11H,4,12H2,1-3H3. The summed E-state index contributed by atoms with van der Waals surface area (Å²) in [5.74, 6) is -0.544. The predicted octanol–water partition coefficient (Wildman–Crippen LogP) is 1.11. The monoisotopic (exact) mass is 466 g/mol. The molecule has 9 nitrogen and oxygen atoms in total. The third-order valence-electron chi connectivity index (χ3n) is 5.68. The molecule has 0 saturated carbocycles. The van der Waals surface area contributed by atoms with Crippen LogP contribution >= 0.6 is 0 Å². The summed E-state index contributed by atoms with van der Waals surface area (Å²) in [5, 5.41) is 5.19. The average molecular weight is 466 g/mol. The van der Waals surface area contributed by atoms with Gasteiger partial charge < -0.3 is 9.47 Å². The van der Waals surface area contributed by atoms with Crippen LogP contribution in [0.2, 0.25) is 0 Å². The molecular formula is C23H20F2N6O3. The Balaban J connectivity index is 1.85. The maximum Gasteiger partial charge on any atom is 0.334 e. The van der Waals surface area contributed by atoms with E-state index in [2.05, 4.69) is 19.8 Å². The first kappa shape index (κ1) is 21.6. The second-order valence-corrected chi connectivity index (χ2v) is 7.77. The lowest BCUT2D eigenvalue weighted by molar-refractivity contribution is 0.190. The van der Waals surface area contributed by atoms with E-state index in [1.165, 1.54) is 15.3 Å². The molecule has 2 bridgehead atoms. The quantitative estimate of drug-likeness (QED) is 0.562. The van der Waals surface area contributed by atoms with Gasteiger partial charge in [-0.25, -0.2) is 23.1 Å². The van der Waals surface area contributed by atoms with Crippen LogP contribution in [0.4, 0.5) is 8.78 Å². The number of halogens is 2. The number of hydrogen-bond acceptors (Lipinski definition) is 6. The van der Waals surface area contributed by atoms with Gasteiger partial charge in [0.15, 0.2) is 11.6 Å². The molecule has 0 unspecified atom stereocenters. The molecule has 4 heterocycles. The lowest BCUT2D eigenvalue weighted by Gasteiger charge is -2.09. The third-order valence-corrected chi connectivity index (χ3v) is 5.68. The Labute approximate surface area is 191 Å². The Morgan fingerprint density at radius 3 is 2.71 bits per heavy atom. The molecule has 0 saturated heterocycles. The molecule has 3 aromatic rings. The molecule has 1 aliphatic carbocycles. The maximum absolute atomic E-state index is 15.0. The van der Waals surface area contributed by atoms with Crippen LogP contribution in [0.15, 0.2) is 52.4 Å². The van der Waals surface area contributed by atoms with Crippen molar-refractivity contribution in [2.24, 2.45) is 19.1 Å². The SMILES string of the molecule is COC1=CC2=NC=c3c(n(-c4ncc(OCF)cc4F)c(=O)n3C)=C(C=C1c1cnn(C)c1)C2. The molecular weight excluding hydrogens is 446 g/mol. The van der Waals surface area contributed by atoms with Crippen molar-refractivity contribution >= 4 is 23.1 Å². The minimum absolute atomic E-state index is 0.0779. The molecule has 0 atom stereocenters. The zero-order valence-corrected chi connectivity index (χ0v) is 18.6. The van der Waals surface area contributed by atoms with Crippen molar-refractivity contribution in [3.8, 4) is 11.6 Å². The molecule has 11 heteroatoms. The van der Waals surface area contributed by atoms with E-state index in [1.54, 1.807) is 31.2 Å². The number of aromatic nitrogens is 5. The molecule has 0 spiro atoms. The third kappa shape index (κ3) is 3.45. The van der Waals surface area contributed by atoms with Crippen LogP contribution in [0.3, 0.4) is 0 Å². The number of fused-ring (bicyclic) bond motifs is 3. The Hall–Kier alpha value is -4.28. The largest absolute Gasteiger partial charge is 0.496 e. The summed E-state index contributed by atoms with van der Waals surface area (Å²) in [6.45, 7) is -1.12.